The van der Waals surface area contributed by atoms with Gasteiger partial charge in [0.05, 0.1) is 12.7 Å². The lowest BCUT2D eigenvalue weighted by Gasteiger charge is -2.30. The highest BCUT2D eigenvalue weighted by Gasteiger charge is 2.38. The van der Waals surface area contributed by atoms with Gasteiger partial charge in [0.1, 0.15) is 11.6 Å². The molecule has 0 amide bonds. The summed E-state index contributed by atoms with van der Waals surface area (Å²) in [4.78, 5) is 0. The Hall–Kier alpha value is -1.23. The monoisotopic (exact) mass is 273 g/mol. The summed E-state index contributed by atoms with van der Waals surface area (Å²) in [6.45, 7) is 0.315. The van der Waals surface area contributed by atoms with Crippen LogP contribution in [-0.4, -0.2) is 13.7 Å². The fourth-order valence-corrected chi connectivity index (χ4v) is 3.03. The van der Waals surface area contributed by atoms with E-state index in [0.29, 0.717) is 12.1 Å². The van der Waals surface area contributed by atoms with Crippen LogP contribution < -0.4 is 10.5 Å². The molecule has 1 fully saturated rings. The second kappa shape index (κ2) is 5.41. The van der Waals surface area contributed by atoms with Gasteiger partial charge in [-0.1, -0.05) is 12.8 Å². The van der Waals surface area contributed by atoms with E-state index in [2.05, 4.69) is 0 Å². The molecule has 1 saturated carbocycles. The molecule has 1 aromatic carbocycles. The molecule has 19 heavy (non-hydrogen) atoms. The molecule has 0 bridgehead atoms. The first kappa shape index (κ1) is 14.2. The number of alkyl halides is 2. The first-order chi connectivity index (χ1) is 9.04. The van der Waals surface area contributed by atoms with Crippen LogP contribution in [0.2, 0.25) is 0 Å². The maximum absolute atomic E-state index is 13.6. The summed E-state index contributed by atoms with van der Waals surface area (Å²) >= 11 is 0. The summed E-state index contributed by atoms with van der Waals surface area (Å²) in [6.07, 6.45) is 0.750. The Labute approximate surface area is 110 Å². The van der Waals surface area contributed by atoms with Crippen LogP contribution in [0.4, 0.5) is 13.2 Å². The van der Waals surface area contributed by atoms with Crippen molar-refractivity contribution in [2.75, 3.05) is 13.7 Å². The minimum absolute atomic E-state index is 0.0868. The Morgan fingerprint density at radius 3 is 2.42 bits per heavy atom. The van der Waals surface area contributed by atoms with Crippen molar-refractivity contribution in [1.82, 2.24) is 0 Å². The molecular formula is C14H18F3NO. The van der Waals surface area contributed by atoms with Crippen molar-refractivity contribution in [3.63, 3.8) is 0 Å². The van der Waals surface area contributed by atoms with Gasteiger partial charge in [0.2, 0.25) is 0 Å². The van der Waals surface area contributed by atoms with Crippen molar-refractivity contribution in [2.24, 2.45) is 5.73 Å². The lowest BCUT2D eigenvalue weighted by molar-refractivity contribution is 0.146. The standard InChI is InChI=1S/C14H18F3NO/c1-19-12-10(13(16)17)6-9(15)7-11(12)14(8-18)4-2-3-5-14/h6-7,13H,2-5,8,18H2,1H3. The Balaban J connectivity index is 2.61. The number of hydrogen-bond donors (Lipinski definition) is 1. The van der Waals surface area contributed by atoms with E-state index in [1.807, 2.05) is 0 Å². The zero-order chi connectivity index (χ0) is 14.0. The Kier molecular flexibility index (Phi) is 4.04. The van der Waals surface area contributed by atoms with Crippen molar-refractivity contribution in [3.05, 3.63) is 29.1 Å². The topological polar surface area (TPSA) is 35.2 Å². The molecule has 1 aliphatic carbocycles. The molecule has 0 spiro atoms. The largest absolute Gasteiger partial charge is 0.496 e. The number of halogens is 3. The third-order valence-electron chi connectivity index (χ3n) is 4.04. The van der Waals surface area contributed by atoms with Crippen LogP contribution in [0.3, 0.4) is 0 Å². The summed E-state index contributed by atoms with van der Waals surface area (Å²) in [6, 6.07) is 2.13. The Morgan fingerprint density at radius 2 is 1.95 bits per heavy atom. The molecule has 106 valence electrons. The van der Waals surface area contributed by atoms with E-state index in [9.17, 15) is 13.2 Å². The molecule has 0 aliphatic heterocycles. The normalized spacial score (nSPS) is 18.0. The number of ether oxygens (including phenoxy) is 1. The molecule has 0 unspecified atom stereocenters. The van der Waals surface area contributed by atoms with Gasteiger partial charge < -0.3 is 10.5 Å². The summed E-state index contributed by atoms with van der Waals surface area (Å²) in [5, 5.41) is 0. The molecule has 0 atom stereocenters. The minimum atomic E-state index is -2.76. The highest BCUT2D eigenvalue weighted by atomic mass is 19.3. The van der Waals surface area contributed by atoms with Gasteiger partial charge in [0.15, 0.2) is 0 Å². The first-order valence-electron chi connectivity index (χ1n) is 6.40. The molecule has 0 heterocycles. The second-order valence-electron chi connectivity index (χ2n) is 5.07. The summed E-state index contributed by atoms with van der Waals surface area (Å²) in [7, 11) is 1.34. The van der Waals surface area contributed by atoms with Crippen molar-refractivity contribution in [3.8, 4) is 5.75 Å². The Morgan fingerprint density at radius 1 is 1.32 bits per heavy atom. The number of nitrogens with two attached hydrogens (primary N) is 1. The van der Waals surface area contributed by atoms with Crippen molar-refractivity contribution >= 4 is 0 Å². The van der Waals surface area contributed by atoms with Crippen LogP contribution in [0.1, 0.15) is 43.2 Å². The van der Waals surface area contributed by atoms with Crippen LogP contribution in [0.5, 0.6) is 5.75 Å². The second-order valence-corrected chi connectivity index (χ2v) is 5.07. The lowest BCUT2D eigenvalue weighted by atomic mass is 9.77. The zero-order valence-electron chi connectivity index (χ0n) is 10.9. The average Bonchev–Trinajstić information content (AvgIpc) is 2.87. The highest BCUT2D eigenvalue weighted by molar-refractivity contribution is 5.48. The number of benzene rings is 1. The molecule has 2 N–H and O–H groups in total. The third kappa shape index (κ3) is 2.43. The SMILES string of the molecule is COc1c(C(F)F)cc(F)cc1C1(CN)CCCC1. The van der Waals surface area contributed by atoms with Gasteiger partial charge in [-0.15, -0.1) is 0 Å². The van der Waals surface area contributed by atoms with E-state index < -0.39 is 23.2 Å². The van der Waals surface area contributed by atoms with Crippen molar-refractivity contribution in [2.45, 2.75) is 37.5 Å². The lowest BCUT2D eigenvalue weighted by Crippen LogP contribution is -2.32. The average molecular weight is 273 g/mol. The predicted molar refractivity (Wildman–Crippen MR) is 67.1 cm³/mol. The molecule has 2 rings (SSSR count). The van der Waals surface area contributed by atoms with Crippen LogP contribution in [-0.2, 0) is 5.41 Å². The molecule has 0 saturated heterocycles. The number of methoxy groups -OCH3 is 1. The van der Waals surface area contributed by atoms with Crippen LogP contribution in [0.25, 0.3) is 0 Å². The van der Waals surface area contributed by atoms with Gasteiger partial charge in [-0.05, 0) is 25.0 Å². The van der Waals surface area contributed by atoms with E-state index >= 15 is 0 Å². The van der Waals surface area contributed by atoms with Crippen molar-refractivity contribution in [1.29, 1.82) is 0 Å². The van der Waals surface area contributed by atoms with Gasteiger partial charge >= 0.3 is 0 Å². The van der Waals surface area contributed by atoms with E-state index in [1.54, 1.807) is 0 Å². The zero-order valence-corrected chi connectivity index (χ0v) is 10.9. The maximum atomic E-state index is 13.6. The van der Waals surface area contributed by atoms with Gasteiger partial charge in [-0.2, -0.15) is 0 Å². The van der Waals surface area contributed by atoms with Gasteiger partial charge in [-0.3, -0.25) is 0 Å². The van der Waals surface area contributed by atoms with Crippen molar-refractivity contribution < 1.29 is 17.9 Å². The highest BCUT2D eigenvalue weighted by Crippen LogP contribution is 2.46. The molecule has 1 aromatic rings. The molecule has 0 radical (unpaired) electrons. The van der Waals surface area contributed by atoms with E-state index in [-0.39, 0.29) is 5.75 Å². The smallest absolute Gasteiger partial charge is 0.267 e. The quantitative estimate of drug-likeness (QED) is 0.910. The van der Waals surface area contributed by atoms with Gasteiger partial charge in [0.25, 0.3) is 6.43 Å². The van der Waals surface area contributed by atoms with E-state index in [4.69, 9.17) is 10.5 Å². The first-order valence-corrected chi connectivity index (χ1v) is 6.40. The molecule has 0 aromatic heterocycles. The molecule has 5 heteroatoms. The molecule has 1 aliphatic rings. The molecule has 2 nitrogen and oxygen atoms in total. The summed E-state index contributed by atoms with van der Waals surface area (Å²) in [5.41, 5.74) is 5.50. The predicted octanol–water partition coefficient (Wildman–Crippen LogP) is 3.54. The maximum Gasteiger partial charge on any atom is 0.267 e. The van der Waals surface area contributed by atoms with Gasteiger partial charge in [0, 0.05) is 17.5 Å². The van der Waals surface area contributed by atoms with Crippen LogP contribution in [0, 0.1) is 5.82 Å². The fraction of sp³-hybridized carbons (Fsp3) is 0.571. The number of hydrogen-bond acceptors (Lipinski definition) is 2. The van der Waals surface area contributed by atoms with Crippen LogP contribution in [0.15, 0.2) is 12.1 Å². The third-order valence-corrected chi connectivity index (χ3v) is 4.04. The summed E-state index contributed by atoms with van der Waals surface area (Å²) < 4.78 is 44.8. The number of rotatable bonds is 4. The van der Waals surface area contributed by atoms with E-state index in [0.717, 1.165) is 31.7 Å². The fourth-order valence-electron chi connectivity index (χ4n) is 3.03. The Bertz CT molecular complexity index is 456. The van der Waals surface area contributed by atoms with Crippen LogP contribution >= 0.6 is 0 Å². The summed E-state index contributed by atoms with van der Waals surface area (Å²) in [5.74, 6) is -0.574. The van der Waals surface area contributed by atoms with E-state index in [1.165, 1.54) is 13.2 Å². The minimum Gasteiger partial charge on any atom is -0.496 e. The van der Waals surface area contributed by atoms with Gasteiger partial charge in [-0.25, -0.2) is 13.2 Å². The molecular weight excluding hydrogens is 255 g/mol.